The Balaban J connectivity index is 2.02. The van der Waals surface area contributed by atoms with E-state index < -0.39 is 0 Å². The third-order valence-electron chi connectivity index (χ3n) is 5.40. The molecular formula is C22H36N2O2. The highest BCUT2D eigenvalue weighted by atomic mass is 16.5. The van der Waals surface area contributed by atoms with E-state index >= 15 is 0 Å². The van der Waals surface area contributed by atoms with Crippen LogP contribution >= 0.6 is 0 Å². The van der Waals surface area contributed by atoms with Gasteiger partial charge in [0.25, 0.3) is 0 Å². The molecule has 1 saturated heterocycles. The summed E-state index contributed by atoms with van der Waals surface area (Å²) in [6, 6.07) is 10.6. The van der Waals surface area contributed by atoms with Crippen LogP contribution in [0.4, 0.5) is 0 Å². The molecule has 0 unspecified atom stereocenters. The van der Waals surface area contributed by atoms with Gasteiger partial charge in [-0.3, -0.25) is 4.79 Å². The maximum absolute atomic E-state index is 12.7. The van der Waals surface area contributed by atoms with E-state index in [4.69, 9.17) is 4.74 Å². The van der Waals surface area contributed by atoms with Gasteiger partial charge in [-0.15, -0.1) is 0 Å². The van der Waals surface area contributed by atoms with Crippen molar-refractivity contribution in [2.45, 2.75) is 52.1 Å². The molecule has 1 N–H and O–H groups in total. The standard InChI is InChI=1S/C22H36N2O2/c1-18(2)20-16-22(11-14-26-20,15-19-9-6-5-7-10-19)17-21(25)23-12-8-13-24(3)4/h5-7,9-10,18,20H,8,11-17H2,1-4H3,(H,23,25)/t20-,22-/m1/s1. The summed E-state index contributed by atoms with van der Waals surface area (Å²) in [4.78, 5) is 14.8. The number of nitrogens with zero attached hydrogens (tertiary/aromatic N) is 1. The van der Waals surface area contributed by atoms with Crippen molar-refractivity contribution in [2.75, 3.05) is 33.8 Å². The SMILES string of the molecule is CC(C)[C@H]1C[C@](CC(=O)NCCCN(C)C)(Cc2ccccc2)CCO1. The first-order valence-corrected chi connectivity index (χ1v) is 9.97. The fraction of sp³-hybridized carbons (Fsp3) is 0.682. The van der Waals surface area contributed by atoms with Crippen molar-refractivity contribution in [1.82, 2.24) is 10.2 Å². The molecule has 0 aliphatic carbocycles. The van der Waals surface area contributed by atoms with Crippen LogP contribution in [0.15, 0.2) is 30.3 Å². The zero-order valence-electron chi connectivity index (χ0n) is 17.0. The summed E-state index contributed by atoms with van der Waals surface area (Å²) >= 11 is 0. The molecule has 4 heteroatoms. The number of benzene rings is 1. The number of ether oxygens (including phenoxy) is 1. The minimum atomic E-state index is 0.000170. The lowest BCUT2D eigenvalue weighted by Gasteiger charge is -2.42. The van der Waals surface area contributed by atoms with Crippen LogP contribution in [0.25, 0.3) is 0 Å². The molecule has 0 bridgehead atoms. The minimum absolute atomic E-state index is 0.000170. The first-order chi connectivity index (χ1) is 12.4. The molecule has 2 atom stereocenters. The van der Waals surface area contributed by atoms with Gasteiger partial charge < -0.3 is 15.0 Å². The lowest BCUT2D eigenvalue weighted by molar-refractivity contribution is -0.128. The maximum Gasteiger partial charge on any atom is 0.220 e. The number of amides is 1. The summed E-state index contributed by atoms with van der Waals surface area (Å²) in [5.74, 6) is 0.665. The molecular weight excluding hydrogens is 324 g/mol. The highest BCUT2D eigenvalue weighted by molar-refractivity contribution is 5.76. The van der Waals surface area contributed by atoms with Crippen LogP contribution in [0, 0.1) is 11.3 Å². The number of carbonyl (C=O) groups excluding carboxylic acids is 1. The van der Waals surface area contributed by atoms with Gasteiger partial charge in [-0.2, -0.15) is 0 Å². The topological polar surface area (TPSA) is 41.6 Å². The second-order valence-corrected chi connectivity index (χ2v) is 8.45. The van der Waals surface area contributed by atoms with Crippen LogP contribution in [0.2, 0.25) is 0 Å². The van der Waals surface area contributed by atoms with Crippen LogP contribution in [-0.2, 0) is 16.0 Å². The molecule has 26 heavy (non-hydrogen) atoms. The molecule has 1 fully saturated rings. The molecule has 1 aliphatic rings. The van der Waals surface area contributed by atoms with Crippen molar-refractivity contribution in [1.29, 1.82) is 0 Å². The number of carbonyl (C=O) groups is 1. The first kappa shape index (κ1) is 20.9. The zero-order chi connectivity index (χ0) is 19.0. The Morgan fingerprint density at radius 3 is 2.69 bits per heavy atom. The molecule has 0 aromatic heterocycles. The predicted octanol–water partition coefficient (Wildman–Crippen LogP) is 3.51. The summed E-state index contributed by atoms with van der Waals surface area (Å²) in [5.41, 5.74) is 1.32. The van der Waals surface area contributed by atoms with Crippen LogP contribution in [0.1, 0.15) is 45.1 Å². The van der Waals surface area contributed by atoms with Gasteiger partial charge in [0.15, 0.2) is 0 Å². The van der Waals surface area contributed by atoms with Gasteiger partial charge in [-0.1, -0.05) is 44.2 Å². The molecule has 1 heterocycles. The zero-order valence-corrected chi connectivity index (χ0v) is 17.0. The number of rotatable bonds is 9. The summed E-state index contributed by atoms with van der Waals surface area (Å²) in [5, 5.41) is 3.13. The van der Waals surface area contributed by atoms with Gasteiger partial charge in [0.1, 0.15) is 0 Å². The van der Waals surface area contributed by atoms with Gasteiger partial charge in [-0.05, 0) is 63.2 Å². The minimum Gasteiger partial charge on any atom is -0.378 e. The maximum atomic E-state index is 12.7. The Morgan fingerprint density at radius 1 is 1.31 bits per heavy atom. The summed E-state index contributed by atoms with van der Waals surface area (Å²) in [6.45, 7) is 6.93. The quantitative estimate of drug-likeness (QED) is 0.685. The third-order valence-corrected chi connectivity index (χ3v) is 5.40. The van der Waals surface area contributed by atoms with Gasteiger partial charge in [-0.25, -0.2) is 0 Å². The van der Waals surface area contributed by atoms with Crippen LogP contribution < -0.4 is 5.32 Å². The predicted molar refractivity (Wildman–Crippen MR) is 107 cm³/mol. The van der Waals surface area contributed by atoms with Crippen molar-refractivity contribution in [3.05, 3.63) is 35.9 Å². The van der Waals surface area contributed by atoms with Gasteiger partial charge in [0.2, 0.25) is 5.91 Å². The Hall–Kier alpha value is -1.39. The number of hydrogen-bond acceptors (Lipinski definition) is 3. The summed E-state index contributed by atoms with van der Waals surface area (Å²) in [6.07, 6.45) is 4.69. The fourth-order valence-corrected chi connectivity index (χ4v) is 3.88. The monoisotopic (exact) mass is 360 g/mol. The Bertz CT molecular complexity index is 544. The Kier molecular flexibility index (Phi) is 8.11. The van der Waals surface area contributed by atoms with E-state index in [0.29, 0.717) is 12.3 Å². The Labute approximate surface area is 159 Å². The second-order valence-electron chi connectivity index (χ2n) is 8.45. The lowest BCUT2D eigenvalue weighted by Crippen LogP contribution is -2.42. The second kappa shape index (κ2) is 10.1. The highest BCUT2D eigenvalue weighted by Gasteiger charge is 2.39. The molecule has 2 rings (SSSR count). The Morgan fingerprint density at radius 2 is 2.04 bits per heavy atom. The molecule has 0 spiro atoms. The van der Waals surface area contributed by atoms with Gasteiger partial charge >= 0.3 is 0 Å². The van der Waals surface area contributed by atoms with E-state index in [1.54, 1.807) is 0 Å². The summed E-state index contributed by atoms with van der Waals surface area (Å²) < 4.78 is 6.00. The average molecular weight is 361 g/mol. The van der Waals surface area contributed by atoms with Crippen LogP contribution in [-0.4, -0.2) is 50.7 Å². The fourth-order valence-electron chi connectivity index (χ4n) is 3.88. The van der Waals surface area contributed by atoms with Crippen molar-refractivity contribution in [3.8, 4) is 0 Å². The van der Waals surface area contributed by atoms with E-state index in [-0.39, 0.29) is 17.4 Å². The lowest BCUT2D eigenvalue weighted by atomic mass is 9.69. The van der Waals surface area contributed by atoms with E-state index in [1.807, 2.05) is 0 Å². The molecule has 4 nitrogen and oxygen atoms in total. The molecule has 146 valence electrons. The van der Waals surface area contributed by atoms with Crippen molar-refractivity contribution in [2.24, 2.45) is 11.3 Å². The third kappa shape index (κ3) is 6.73. The van der Waals surface area contributed by atoms with E-state index in [1.165, 1.54) is 5.56 Å². The van der Waals surface area contributed by atoms with Crippen molar-refractivity contribution < 1.29 is 9.53 Å². The van der Waals surface area contributed by atoms with Crippen LogP contribution in [0.5, 0.6) is 0 Å². The summed E-state index contributed by atoms with van der Waals surface area (Å²) in [7, 11) is 4.12. The molecule has 0 radical (unpaired) electrons. The average Bonchev–Trinajstić information content (AvgIpc) is 2.59. The molecule has 0 saturated carbocycles. The smallest absolute Gasteiger partial charge is 0.220 e. The molecule has 1 aliphatic heterocycles. The van der Waals surface area contributed by atoms with Gasteiger partial charge in [0.05, 0.1) is 6.10 Å². The van der Waals surface area contributed by atoms with E-state index in [0.717, 1.165) is 45.4 Å². The highest BCUT2D eigenvalue weighted by Crippen LogP contribution is 2.41. The first-order valence-electron chi connectivity index (χ1n) is 9.97. The number of nitrogens with one attached hydrogen (secondary N) is 1. The molecule has 1 aromatic carbocycles. The number of hydrogen-bond donors (Lipinski definition) is 1. The molecule has 1 aromatic rings. The van der Waals surface area contributed by atoms with E-state index in [2.05, 4.69) is 68.5 Å². The normalized spacial score (nSPS) is 23.4. The largest absolute Gasteiger partial charge is 0.378 e. The van der Waals surface area contributed by atoms with E-state index in [9.17, 15) is 4.79 Å². The van der Waals surface area contributed by atoms with Crippen molar-refractivity contribution in [3.63, 3.8) is 0 Å². The van der Waals surface area contributed by atoms with Gasteiger partial charge in [0, 0.05) is 19.6 Å². The van der Waals surface area contributed by atoms with Crippen LogP contribution in [0.3, 0.4) is 0 Å². The van der Waals surface area contributed by atoms with Crippen molar-refractivity contribution >= 4 is 5.91 Å². The molecule has 1 amide bonds.